The molecular formula is C41H49F2N8O6+. The number of hydrogen-bond acceptors (Lipinski definition) is 8. The van der Waals surface area contributed by atoms with Crippen LogP contribution in [-0.4, -0.2) is 106 Å². The molecule has 302 valence electrons. The molecule has 0 aliphatic carbocycles. The average Bonchev–Trinajstić information content (AvgIpc) is 3.97. The molecule has 4 heterocycles. The van der Waals surface area contributed by atoms with Gasteiger partial charge in [0.05, 0.1) is 62.5 Å². The average molecular weight is 788 g/mol. The van der Waals surface area contributed by atoms with Gasteiger partial charge in [0.15, 0.2) is 11.9 Å². The van der Waals surface area contributed by atoms with Gasteiger partial charge in [-0.3, -0.25) is 9.28 Å². The number of likely N-dealkylation sites (N-methyl/N-ethyl adjacent to an activating group) is 1. The molecule has 0 spiro atoms. The lowest BCUT2D eigenvalue weighted by molar-refractivity contribution is -0.854. The number of aromatic amines is 2. The van der Waals surface area contributed by atoms with Gasteiger partial charge in [-0.05, 0) is 52.6 Å². The lowest BCUT2D eigenvalue weighted by atomic mass is 10.0. The summed E-state index contributed by atoms with van der Waals surface area (Å²) < 4.78 is 39.4. The molecule has 2 fully saturated rings. The second kappa shape index (κ2) is 15.0. The van der Waals surface area contributed by atoms with Crippen LogP contribution in [0, 0.1) is 11.8 Å². The molecule has 57 heavy (non-hydrogen) atoms. The molecule has 5 unspecified atom stereocenters. The molecular weight excluding hydrogens is 738 g/mol. The highest BCUT2D eigenvalue weighted by Gasteiger charge is 2.52. The van der Waals surface area contributed by atoms with E-state index >= 15 is 0 Å². The van der Waals surface area contributed by atoms with E-state index in [1.54, 1.807) is 13.8 Å². The molecule has 5 atom stereocenters. The molecule has 0 radical (unpaired) electrons. The van der Waals surface area contributed by atoms with Crippen LogP contribution in [0.5, 0.6) is 0 Å². The van der Waals surface area contributed by atoms with E-state index < -0.39 is 55.1 Å². The largest absolute Gasteiger partial charge is 0.453 e. The summed E-state index contributed by atoms with van der Waals surface area (Å²) in [5.74, 6) is -3.43. The monoisotopic (exact) mass is 787 g/mol. The van der Waals surface area contributed by atoms with Crippen LogP contribution in [0.25, 0.3) is 44.0 Å². The molecule has 2 saturated heterocycles. The quantitative estimate of drug-likeness (QED) is 0.119. The summed E-state index contributed by atoms with van der Waals surface area (Å²) in [6.07, 6.45) is -0.483. The van der Waals surface area contributed by atoms with Crippen LogP contribution >= 0.6 is 0 Å². The van der Waals surface area contributed by atoms with Crippen LogP contribution in [0.3, 0.4) is 0 Å². The molecule has 0 saturated carbocycles. The number of imidazole rings is 2. The maximum Gasteiger partial charge on any atom is 0.407 e. The van der Waals surface area contributed by atoms with Gasteiger partial charge in [0, 0.05) is 24.6 Å². The van der Waals surface area contributed by atoms with Crippen molar-refractivity contribution in [3.05, 3.63) is 60.2 Å². The number of alkyl halides is 2. The van der Waals surface area contributed by atoms with Crippen LogP contribution in [0.4, 0.5) is 18.4 Å². The number of benzene rings is 3. The number of alkyl carbamates (subject to hydrolysis) is 2. The molecule has 4 N–H and O–H groups in total. The van der Waals surface area contributed by atoms with Crippen molar-refractivity contribution in [2.24, 2.45) is 11.8 Å². The van der Waals surface area contributed by atoms with Crippen molar-refractivity contribution in [3.63, 3.8) is 0 Å². The fraction of sp³-hybridized carbons (Fsp3) is 0.463. The number of methoxy groups -OCH3 is 2. The van der Waals surface area contributed by atoms with E-state index in [9.17, 15) is 28.0 Å². The van der Waals surface area contributed by atoms with Gasteiger partial charge in [-0.25, -0.2) is 33.1 Å². The van der Waals surface area contributed by atoms with E-state index in [1.807, 2.05) is 63.4 Å². The summed E-state index contributed by atoms with van der Waals surface area (Å²) >= 11 is 0. The molecule has 2 aromatic heterocycles. The minimum Gasteiger partial charge on any atom is -0.453 e. The smallest absolute Gasteiger partial charge is 0.407 e. The number of ether oxygens (including phenoxy) is 2. The van der Waals surface area contributed by atoms with Gasteiger partial charge in [0.2, 0.25) is 5.91 Å². The highest BCUT2D eigenvalue weighted by molar-refractivity contribution is 6.05. The van der Waals surface area contributed by atoms with Gasteiger partial charge in [0.25, 0.3) is 5.92 Å². The number of carbonyl (C=O) groups is 4. The molecule has 2 aliphatic heterocycles. The van der Waals surface area contributed by atoms with E-state index in [0.717, 1.165) is 56.5 Å². The second-order valence-electron chi connectivity index (χ2n) is 16.1. The Morgan fingerprint density at radius 2 is 1.51 bits per heavy atom. The first-order valence-corrected chi connectivity index (χ1v) is 19.2. The number of H-pyrrole nitrogens is 2. The lowest BCUT2D eigenvalue weighted by Crippen LogP contribution is -2.59. The van der Waals surface area contributed by atoms with Crippen molar-refractivity contribution < 1.29 is 41.9 Å². The van der Waals surface area contributed by atoms with Crippen molar-refractivity contribution in [2.75, 3.05) is 34.4 Å². The predicted molar refractivity (Wildman–Crippen MR) is 209 cm³/mol. The Kier molecular flexibility index (Phi) is 10.4. The number of quaternary nitrogens is 1. The minimum absolute atomic E-state index is 0.0890. The fourth-order valence-electron chi connectivity index (χ4n) is 8.44. The fourth-order valence-corrected chi connectivity index (χ4v) is 8.44. The zero-order valence-electron chi connectivity index (χ0n) is 33.1. The van der Waals surface area contributed by atoms with Gasteiger partial charge < -0.3 is 35.0 Å². The Labute approximate surface area is 328 Å². The Balaban J connectivity index is 1.16. The van der Waals surface area contributed by atoms with Crippen molar-refractivity contribution in [1.82, 2.24) is 35.5 Å². The molecule has 3 aromatic carbocycles. The third-order valence-electron chi connectivity index (χ3n) is 11.6. The van der Waals surface area contributed by atoms with E-state index in [0.29, 0.717) is 17.6 Å². The highest BCUT2D eigenvalue weighted by atomic mass is 19.3. The van der Waals surface area contributed by atoms with E-state index in [1.165, 1.54) is 14.2 Å². The van der Waals surface area contributed by atoms with Gasteiger partial charge in [0.1, 0.15) is 17.9 Å². The maximum absolute atomic E-state index is 14.9. The second-order valence-corrected chi connectivity index (χ2v) is 16.1. The molecule has 7 rings (SSSR count). The third kappa shape index (κ3) is 7.38. The summed E-state index contributed by atoms with van der Waals surface area (Å²) in [5, 5.41) is 7.11. The summed E-state index contributed by atoms with van der Waals surface area (Å²) in [4.78, 5) is 69.3. The molecule has 4 amide bonds. The molecule has 14 nitrogen and oxygen atoms in total. The van der Waals surface area contributed by atoms with Crippen LogP contribution in [0.1, 0.15) is 70.7 Å². The Hall–Kier alpha value is -5.64. The number of nitrogens with zero attached hydrogens (tertiary/aromatic N) is 4. The van der Waals surface area contributed by atoms with Crippen LogP contribution in [0.2, 0.25) is 0 Å². The first-order valence-electron chi connectivity index (χ1n) is 19.2. The number of aromatic nitrogens is 4. The van der Waals surface area contributed by atoms with Crippen molar-refractivity contribution >= 4 is 56.8 Å². The van der Waals surface area contributed by atoms with Gasteiger partial charge >= 0.3 is 18.1 Å². The predicted octanol–water partition coefficient (Wildman–Crippen LogP) is 6.74. The van der Waals surface area contributed by atoms with Gasteiger partial charge in [-0.15, -0.1) is 0 Å². The number of nitrogens with one attached hydrogen (secondary N) is 4. The summed E-state index contributed by atoms with van der Waals surface area (Å²) in [6.45, 7) is 7.07. The van der Waals surface area contributed by atoms with Gasteiger partial charge in [-0.1, -0.05) is 52.0 Å². The Morgan fingerprint density at radius 1 is 0.860 bits per heavy atom. The van der Waals surface area contributed by atoms with Crippen molar-refractivity contribution in [2.45, 2.75) is 77.0 Å². The normalized spacial score (nSPS) is 21.7. The zero-order valence-corrected chi connectivity index (χ0v) is 33.1. The van der Waals surface area contributed by atoms with E-state index in [2.05, 4.69) is 36.4 Å². The maximum atomic E-state index is 14.9. The minimum atomic E-state index is -3.14. The number of hydrogen-bond donors (Lipinski definition) is 4. The van der Waals surface area contributed by atoms with E-state index in [4.69, 9.17) is 9.72 Å². The molecule has 16 heteroatoms. The molecule has 2 aliphatic rings. The van der Waals surface area contributed by atoms with Crippen LogP contribution in [-0.2, 0) is 19.1 Å². The zero-order chi connectivity index (χ0) is 41.0. The number of likely N-dealkylation sites (tertiary alicyclic amines) is 2. The van der Waals surface area contributed by atoms with Crippen molar-refractivity contribution in [3.8, 4) is 11.1 Å². The summed E-state index contributed by atoms with van der Waals surface area (Å²) in [6, 6.07) is 12.7. The van der Waals surface area contributed by atoms with Crippen molar-refractivity contribution in [1.29, 1.82) is 0 Å². The molecule has 0 bridgehead atoms. The first-order chi connectivity index (χ1) is 27.0. The number of halogens is 2. The number of rotatable bonds is 9. The Morgan fingerprint density at radius 3 is 2.19 bits per heavy atom. The summed E-state index contributed by atoms with van der Waals surface area (Å²) in [7, 11) is 4.37. The standard InChI is InChI=1S/C41H48F2N8O6/c1-21(2)32(48-39(54)56-6)37(52)50-20-41(42,43)19-30(50)35-44-27-14-11-24(18-29(27)46-35)23-10-13-26-25(17-23)12-15-28-34(26)47-36(45-28)31-9-8-16-51(31,5)38(53)33(22(3)4)49-40(55)57-7/h10-15,17-18,21-22,30-33H,8-9,16,19-20H2,1-7H3,(H3-,44,45,46,47,48,49,54,55)/p+1. The van der Waals surface area contributed by atoms with E-state index in [-0.39, 0.29) is 34.1 Å². The van der Waals surface area contributed by atoms with Gasteiger partial charge in [-0.2, -0.15) is 0 Å². The number of carbonyl (C=O) groups excluding carboxylic acids is 4. The number of fused-ring (bicyclic) bond motifs is 4. The van der Waals surface area contributed by atoms with Crippen LogP contribution < -0.4 is 10.6 Å². The summed E-state index contributed by atoms with van der Waals surface area (Å²) in [5.41, 5.74) is 4.60. The molecule has 5 aromatic rings. The topological polar surface area (TPSA) is 171 Å². The highest BCUT2D eigenvalue weighted by Crippen LogP contribution is 2.42. The third-order valence-corrected chi connectivity index (χ3v) is 11.6. The van der Waals surface area contributed by atoms with Crippen LogP contribution in [0.15, 0.2) is 48.5 Å². The Bertz CT molecular complexity index is 2380. The SMILES string of the molecule is COC(=O)NC(C(=O)N1CC(F)(F)CC1c1nc2ccc(-c3ccc4c(ccc5[nH]c(C6CCC[N+]6(C)C(=O)C(NC(=O)OC)C(C)C)nc54)c3)cc2[nH]1)C(C)C. The number of amides is 4. The first kappa shape index (κ1) is 39.6. The lowest BCUT2D eigenvalue weighted by Gasteiger charge is -2.36.